The lowest BCUT2D eigenvalue weighted by Crippen LogP contribution is -2.28. The van der Waals surface area contributed by atoms with Crippen molar-refractivity contribution in [1.82, 2.24) is 0 Å². The van der Waals surface area contributed by atoms with Crippen LogP contribution in [0.1, 0.15) is 12.5 Å². The predicted molar refractivity (Wildman–Crippen MR) is 73.0 cm³/mol. The maximum Gasteiger partial charge on any atom is 0.345 e. The smallest absolute Gasteiger partial charge is 0.345 e. The fraction of sp³-hybridized carbons (Fsp3) is 0.286. The van der Waals surface area contributed by atoms with E-state index in [1.54, 1.807) is 6.92 Å². The number of carbonyl (C=O) groups excluding carboxylic acids is 2. The zero-order valence-corrected chi connectivity index (χ0v) is 11.5. The highest BCUT2D eigenvalue weighted by molar-refractivity contribution is 6.40. The number of benzene rings is 1. The molecule has 1 aliphatic heterocycles. The highest BCUT2D eigenvalue weighted by Gasteiger charge is 2.35. The Morgan fingerprint density at radius 3 is 2.58 bits per heavy atom. The van der Waals surface area contributed by atoms with Gasteiger partial charge < -0.3 is 9.64 Å². The zero-order chi connectivity index (χ0) is 14.0. The van der Waals surface area contributed by atoms with E-state index in [-0.39, 0.29) is 23.8 Å². The molecule has 1 aromatic rings. The SMILES string of the molecule is CCOC(=O)C1=C(Cl)CN(c2ccc(C)cc2)C1=O. The largest absolute Gasteiger partial charge is 0.462 e. The van der Waals surface area contributed by atoms with E-state index >= 15 is 0 Å². The van der Waals surface area contributed by atoms with Crippen LogP contribution in [0.2, 0.25) is 0 Å². The molecular formula is C14H14ClNO3. The van der Waals surface area contributed by atoms with Crippen LogP contribution in [-0.2, 0) is 14.3 Å². The molecule has 0 spiro atoms. The molecule has 0 aliphatic carbocycles. The van der Waals surface area contributed by atoms with E-state index in [9.17, 15) is 9.59 Å². The molecule has 2 rings (SSSR count). The number of aryl methyl sites for hydroxylation is 1. The van der Waals surface area contributed by atoms with E-state index in [1.165, 1.54) is 4.90 Å². The molecule has 19 heavy (non-hydrogen) atoms. The molecule has 1 heterocycles. The van der Waals surface area contributed by atoms with Crippen molar-refractivity contribution in [2.45, 2.75) is 13.8 Å². The fourth-order valence-corrected chi connectivity index (χ4v) is 2.15. The number of halogens is 1. The third-order valence-electron chi connectivity index (χ3n) is 2.85. The average molecular weight is 280 g/mol. The molecule has 0 N–H and O–H groups in total. The Morgan fingerprint density at radius 1 is 1.37 bits per heavy atom. The Labute approximate surface area is 116 Å². The first-order valence-corrected chi connectivity index (χ1v) is 6.36. The summed E-state index contributed by atoms with van der Waals surface area (Å²) in [4.78, 5) is 25.4. The van der Waals surface area contributed by atoms with Crippen LogP contribution >= 0.6 is 11.6 Å². The first-order valence-electron chi connectivity index (χ1n) is 5.99. The number of hydrogen-bond donors (Lipinski definition) is 0. The van der Waals surface area contributed by atoms with E-state index in [0.717, 1.165) is 5.56 Å². The second-order valence-corrected chi connectivity index (χ2v) is 4.68. The minimum Gasteiger partial charge on any atom is -0.462 e. The quantitative estimate of drug-likeness (QED) is 0.630. The monoisotopic (exact) mass is 279 g/mol. The van der Waals surface area contributed by atoms with Gasteiger partial charge in [-0.2, -0.15) is 0 Å². The molecule has 0 saturated carbocycles. The second kappa shape index (κ2) is 5.45. The summed E-state index contributed by atoms with van der Waals surface area (Å²) in [5.74, 6) is -1.07. The van der Waals surface area contributed by atoms with Gasteiger partial charge >= 0.3 is 5.97 Å². The Hall–Kier alpha value is -1.81. The van der Waals surface area contributed by atoms with Gasteiger partial charge in [0.2, 0.25) is 0 Å². The van der Waals surface area contributed by atoms with Gasteiger partial charge in [0.1, 0.15) is 5.57 Å². The van der Waals surface area contributed by atoms with Crippen LogP contribution in [0, 0.1) is 6.92 Å². The predicted octanol–water partition coefficient (Wildman–Crippen LogP) is 2.40. The van der Waals surface area contributed by atoms with Crippen LogP contribution < -0.4 is 4.90 Å². The van der Waals surface area contributed by atoms with Gasteiger partial charge in [-0.05, 0) is 26.0 Å². The maximum absolute atomic E-state index is 12.2. The number of nitrogens with zero attached hydrogens (tertiary/aromatic N) is 1. The number of anilines is 1. The number of ether oxygens (including phenoxy) is 1. The van der Waals surface area contributed by atoms with Crippen molar-refractivity contribution < 1.29 is 14.3 Å². The highest BCUT2D eigenvalue weighted by Crippen LogP contribution is 2.28. The van der Waals surface area contributed by atoms with E-state index in [2.05, 4.69) is 0 Å². The number of rotatable bonds is 3. The summed E-state index contributed by atoms with van der Waals surface area (Å²) in [6, 6.07) is 7.45. The third-order valence-corrected chi connectivity index (χ3v) is 3.16. The van der Waals surface area contributed by atoms with Crippen LogP contribution in [0.3, 0.4) is 0 Å². The van der Waals surface area contributed by atoms with E-state index in [4.69, 9.17) is 16.3 Å². The summed E-state index contributed by atoms with van der Waals surface area (Å²) in [5, 5.41) is 0.226. The highest BCUT2D eigenvalue weighted by atomic mass is 35.5. The molecule has 4 nitrogen and oxygen atoms in total. The summed E-state index contributed by atoms with van der Waals surface area (Å²) in [5.41, 5.74) is 1.75. The van der Waals surface area contributed by atoms with Crippen LogP contribution in [0.15, 0.2) is 34.9 Å². The second-order valence-electron chi connectivity index (χ2n) is 4.23. The van der Waals surface area contributed by atoms with Crippen LogP contribution in [0.4, 0.5) is 5.69 Å². The zero-order valence-electron chi connectivity index (χ0n) is 10.8. The topological polar surface area (TPSA) is 46.6 Å². The van der Waals surface area contributed by atoms with E-state index in [0.29, 0.717) is 5.69 Å². The average Bonchev–Trinajstić information content (AvgIpc) is 2.66. The normalized spacial score (nSPS) is 15.1. The van der Waals surface area contributed by atoms with Gasteiger partial charge in [-0.15, -0.1) is 0 Å². The minimum atomic E-state index is -0.660. The molecule has 0 bridgehead atoms. The molecule has 0 unspecified atom stereocenters. The number of hydrogen-bond acceptors (Lipinski definition) is 3. The first kappa shape index (κ1) is 13.6. The van der Waals surface area contributed by atoms with Crippen LogP contribution in [0.25, 0.3) is 0 Å². The standard InChI is InChI=1S/C14H14ClNO3/c1-3-19-14(18)12-11(15)8-16(13(12)17)10-6-4-9(2)5-7-10/h4-7H,3,8H2,1-2H3. The molecule has 100 valence electrons. The third kappa shape index (κ3) is 2.63. The van der Waals surface area contributed by atoms with Gasteiger partial charge in [0.15, 0.2) is 0 Å². The van der Waals surface area contributed by atoms with Gasteiger partial charge in [0.25, 0.3) is 5.91 Å². The van der Waals surface area contributed by atoms with Crippen molar-refractivity contribution in [2.24, 2.45) is 0 Å². The summed E-state index contributed by atoms with van der Waals surface area (Å²) >= 11 is 6.00. The van der Waals surface area contributed by atoms with Crippen molar-refractivity contribution >= 4 is 29.2 Å². The van der Waals surface area contributed by atoms with Crippen molar-refractivity contribution in [3.05, 3.63) is 40.4 Å². The van der Waals surface area contributed by atoms with Gasteiger partial charge in [0, 0.05) is 5.69 Å². The van der Waals surface area contributed by atoms with Gasteiger partial charge in [-0.3, -0.25) is 4.79 Å². The molecular weight excluding hydrogens is 266 g/mol. The Balaban J connectivity index is 2.24. The molecule has 1 amide bonds. The first-order chi connectivity index (χ1) is 9.04. The molecule has 0 radical (unpaired) electrons. The molecule has 1 aliphatic rings. The molecule has 0 aromatic heterocycles. The van der Waals surface area contributed by atoms with Crippen molar-refractivity contribution in [2.75, 3.05) is 18.1 Å². The van der Waals surface area contributed by atoms with Gasteiger partial charge in [-0.1, -0.05) is 29.3 Å². The maximum atomic E-state index is 12.2. The van der Waals surface area contributed by atoms with Crippen LogP contribution in [-0.4, -0.2) is 25.0 Å². The van der Waals surface area contributed by atoms with Gasteiger partial charge in [0.05, 0.1) is 18.2 Å². The minimum absolute atomic E-state index is 0.0657. The van der Waals surface area contributed by atoms with Crippen molar-refractivity contribution in [3.8, 4) is 0 Å². The molecule has 1 aromatic carbocycles. The summed E-state index contributed by atoms with van der Waals surface area (Å²) in [6.07, 6.45) is 0. The fourth-order valence-electron chi connectivity index (χ4n) is 1.88. The number of amides is 1. The lowest BCUT2D eigenvalue weighted by Gasteiger charge is -2.16. The summed E-state index contributed by atoms with van der Waals surface area (Å²) < 4.78 is 4.84. The molecule has 0 atom stereocenters. The van der Waals surface area contributed by atoms with E-state index < -0.39 is 11.9 Å². The summed E-state index contributed by atoms with van der Waals surface area (Å²) in [6.45, 7) is 4.07. The Kier molecular flexibility index (Phi) is 3.90. The number of esters is 1. The Bertz CT molecular complexity index is 548. The van der Waals surface area contributed by atoms with Gasteiger partial charge in [-0.25, -0.2) is 4.79 Å². The lowest BCUT2D eigenvalue weighted by atomic mass is 10.2. The van der Waals surface area contributed by atoms with Crippen molar-refractivity contribution in [3.63, 3.8) is 0 Å². The number of carbonyl (C=O) groups is 2. The molecule has 0 fully saturated rings. The molecule has 5 heteroatoms. The van der Waals surface area contributed by atoms with E-state index in [1.807, 2.05) is 31.2 Å². The summed E-state index contributed by atoms with van der Waals surface area (Å²) in [7, 11) is 0. The molecule has 0 saturated heterocycles. The van der Waals surface area contributed by atoms with Crippen LogP contribution in [0.5, 0.6) is 0 Å². The Morgan fingerprint density at radius 2 is 2.00 bits per heavy atom. The lowest BCUT2D eigenvalue weighted by molar-refractivity contribution is -0.139. The van der Waals surface area contributed by atoms with Crippen molar-refractivity contribution in [1.29, 1.82) is 0 Å².